The van der Waals surface area contributed by atoms with Crippen molar-refractivity contribution < 1.29 is 13.9 Å². The highest BCUT2D eigenvalue weighted by Crippen LogP contribution is 2.30. The molecule has 1 N–H and O–H groups in total. The van der Waals surface area contributed by atoms with Gasteiger partial charge in [0.1, 0.15) is 16.9 Å². The lowest BCUT2D eigenvalue weighted by atomic mass is 10.1. The van der Waals surface area contributed by atoms with Gasteiger partial charge in [0, 0.05) is 27.5 Å². The van der Waals surface area contributed by atoms with E-state index < -0.39 is 0 Å². The molecule has 0 radical (unpaired) electrons. The van der Waals surface area contributed by atoms with Crippen molar-refractivity contribution in [3.8, 4) is 5.75 Å². The summed E-state index contributed by atoms with van der Waals surface area (Å²) in [4.78, 5) is 12.2. The van der Waals surface area contributed by atoms with Crippen LogP contribution in [0.2, 0.25) is 5.02 Å². The summed E-state index contributed by atoms with van der Waals surface area (Å²) in [6, 6.07) is 18.6. The van der Waals surface area contributed by atoms with Crippen LogP contribution in [0.3, 0.4) is 0 Å². The Labute approximate surface area is 162 Å². The Morgan fingerprint density at radius 3 is 2.69 bits per heavy atom. The number of furan rings is 1. The van der Waals surface area contributed by atoms with E-state index >= 15 is 0 Å². The van der Waals surface area contributed by atoms with Gasteiger partial charge < -0.3 is 14.5 Å². The fraction of sp³-hybridized carbons (Fsp3) is 0.0500. The van der Waals surface area contributed by atoms with Gasteiger partial charge in [-0.3, -0.25) is 4.79 Å². The molecule has 6 heteroatoms. The summed E-state index contributed by atoms with van der Waals surface area (Å²) in [5, 5.41) is 5.47. The smallest absolute Gasteiger partial charge is 0.262 e. The summed E-state index contributed by atoms with van der Waals surface area (Å²) in [5.74, 6) is 0.291. The van der Waals surface area contributed by atoms with Crippen molar-refractivity contribution in [2.24, 2.45) is 0 Å². The van der Waals surface area contributed by atoms with E-state index in [0.717, 1.165) is 21.9 Å². The van der Waals surface area contributed by atoms with Crippen LogP contribution in [0.1, 0.15) is 0 Å². The first kappa shape index (κ1) is 16.9. The SMILES string of the molecule is O=C(COc1ccc(Cl)cc1Br)Nc1ccc2c(c1)oc1ccccc12. The fourth-order valence-electron chi connectivity index (χ4n) is 2.74. The molecule has 130 valence electrons. The molecule has 3 aromatic carbocycles. The lowest BCUT2D eigenvalue weighted by molar-refractivity contribution is -0.118. The van der Waals surface area contributed by atoms with Gasteiger partial charge in [0.2, 0.25) is 0 Å². The molecule has 0 saturated carbocycles. The molecule has 0 bridgehead atoms. The second-order valence-electron chi connectivity index (χ2n) is 5.72. The number of carbonyl (C=O) groups is 1. The van der Waals surface area contributed by atoms with E-state index in [-0.39, 0.29) is 12.5 Å². The quantitative estimate of drug-likeness (QED) is 0.431. The molecular formula is C20H13BrClNO3. The first-order valence-corrected chi connectivity index (χ1v) is 9.06. The molecule has 0 aliphatic heterocycles. The van der Waals surface area contributed by atoms with Gasteiger partial charge in [-0.15, -0.1) is 0 Å². The van der Waals surface area contributed by atoms with Crippen molar-refractivity contribution in [3.05, 3.63) is 70.2 Å². The standard InChI is InChI=1S/C20H13BrClNO3/c21-16-9-12(22)5-8-18(16)25-11-20(24)23-13-6-7-15-14-3-1-2-4-17(14)26-19(15)10-13/h1-10H,11H2,(H,23,24). The van der Waals surface area contributed by atoms with Crippen molar-refractivity contribution in [2.75, 3.05) is 11.9 Å². The number of fused-ring (bicyclic) bond motifs is 3. The van der Waals surface area contributed by atoms with E-state index in [9.17, 15) is 4.79 Å². The van der Waals surface area contributed by atoms with Crippen LogP contribution in [0, 0.1) is 0 Å². The number of hydrogen-bond donors (Lipinski definition) is 1. The number of nitrogens with one attached hydrogen (secondary N) is 1. The van der Waals surface area contributed by atoms with Crippen LogP contribution in [0.25, 0.3) is 21.9 Å². The minimum Gasteiger partial charge on any atom is -0.483 e. The Morgan fingerprint density at radius 2 is 1.85 bits per heavy atom. The molecule has 1 amide bonds. The molecule has 0 aliphatic carbocycles. The normalized spacial score (nSPS) is 11.0. The number of benzene rings is 3. The number of para-hydroxylation sites is 1. The lowest BCUT2D eigenvalue weighted by Gasteiger charge is -2.09. The minimum atomic E-state index is -0.262. The summed E-state index contributed by atoms with van der Waals surface area (Å²) < 4.78 is 12.0. The third kappa shape index (κ3) is 3.41. The Bertz CT molecular complexity index is 1120. The van der Waals surface area contributed by atoms with Crippen LogP contribution in [-0.2, 0) is 4.79 Å². The van der Waals surface area contributed by atoms with Crippen molar-refractivity contribution in [3.63, 3.8) is 0 Å². The molecular weight excluding hydrogens is 418 g/mol. The van der Waals surface area contributed by atoms with Crippen molar-refractivity contribution in [1.82, 2.24) is 0 Å². The van der Waals surface area contributed by atoms with Gasteiger partial charge in [-0.25, -0.2) is 0 Å². The molecule has 0 saturated heterocycles. The van der Waals surface area contributed by atoms with E-state index in [2.05, 4.69) is 21.2 Å². The van der Waals surface area contributed by atoms with Gasteiger partial charge in [0.25, 0.3) is 5.91 Å². The Morgan fingerprint density at radius 1 is 1.04 bits per heavy atom. The van der Waals surface area contributed by atoms with Gasteiger partial charge in [-0.05, 0) is 52.3 Å². The molecule has 0 atom stereocenters. The molecule has 1 heterocycles. The monoisotopic (exact) mass is 429 g/mol. The number of amides is 1. The molecule has 0 unspecified atom stereocenters. The topological polar surface area (TPSA) is 51.5 Å². The zero-order valence-electron chi connectivity index (χ0n) is 13.5. The first-order valence-electron chi connectivity index (χ1n) is 7.89. The molecule has 4 aromatic rings. The molecule has 4 nitrogen and oxygen atoms in total. The summed E-state index contributed by atoms with van der Waals surface area (Å²) in [6.07, 6.45) is 0. The minimum absolute atomic E-state index is 0.113. The molecule has 0 fully saturated rings. The first-order chi connectivity index (χ1) is 12.6. The van der Waals surface area contributed by atoms with Crippen LogP contribution in [0.5, 0.6) is 5.75 Å². The van der Waals surface area contributed by atoms with Crippen LogP contribution >= 0.6 is 27.5 Å². The predicted molar refractivity (Wildman–Crippen MR) is 107 cm³/mol. The number of carbonyl (C=O) groups excluding carboxylic acids is 1. The Hall–Kier alpha value is -2.50. The van der Waals surface area contributed by atoms with Gasteiger partial charge in [-0.2, -0.15) is 0 Å². The van der Waals surface area contributed by atoms with E-state index in [4.69, 9.17) is 20.8 Å². The molecule has 4 rings (SSSR count). The van der Waals surface area contributed by atoms with Crippen molar-refractivity contribution >= 4 is 61.1 Å². The third-order valence-corrected chi connectivity index (χ3v) is 4.77. The molecule has 26 heavy (non-hydrogen) atoms. The maximum atomic E-state index is 12.2. The number of ether oxygens (including phenoxy) is 1. The van der Waals surface area contributed by atoms with E-state index in [0.29, 0.717) is 20.9 Å². The fourth-order valence-corrected chi connectivity index (χ4v) is 3.53. The summed E-state index contributed by atoms with van der Waals surface area (Å²) in [6.45, 7) is -0.113. The van der Waals surface area contributed by atoms with Crippen LogP contribution in [0.4, 0.5) is 5.69 Å². The lowest BCUT2D eigenvalue weighted by Crippen LogP contribution is -2.20. The Balaban J connectivity index is 1.47. The van der Waals surface area contributed by atoms with Gasteiger partial charge in [0.05, 0.1) is 4.47 Å². The highest BCUT2D eigenvalue weighted by Gasteiger charge is 2.10. The number of hydrogen-bond acceptors (Lipinski definition) is 3. The van der Waals surface area contributed by atoms with Crippen LogP contribution in [0.15, 0.2) is 69.6 Å². The van der Waals surface area contributed by atoms with Crippen LogP contribution in [-0.4, -0.2) is 12.5 Å². The van der Waals surface area contributed by atoms with Crippen LogP contribution < -0.4 is 10.1 Å². The number of halogens is 2. The third-order valence-electron chi connectivity index (χ3n) is 3.92. The second kappa shape index (κ2) is 7.02. The highest BCUT2D eigenvalue weighted by molar-refractivity contribution is 9.10. The predicted octanol–water partition coefficient (Wildman–Crippen LogP) is 6.02. The molecule has 0 aliphatic rings. The maximum absolute atomic E-state index is 12.2. The molecule has 0 spiro atoms. The summed E-state index contributed by atoms with van der Waals surface area (Å²) >= 11 is 9.24. The van der Waals surface area contributed by atoms with E-state index in [1.165, 1.54) is 0 Å². The summed E-state index contributed by atoms with van der Waals surface area (Å²) in [5.41, 5.74) is 2.20. The van der Waals surface area contributed by atoms with Gasteiger partial charge >= 0.3 is 0 Å². The van der Waals surface area contributed by atoms with Gasteiger partial charge in [0.15, 0.2) is 6.61 Å². The number of anilines is 1. The summed E-state index contributed by atoms with van der Waals surface area (Å²) in [7, 11) is 0. The largest absolute Gasteiger partial charge is 0.483 e. The molecule has 1 aromatic heterocycles. The number of rotatable bonds is 4. The van der Waals surface area contributed by atoms with Crippen molar-refractivity contribution in [2.45, 2.75) is 0 Å². The Kier molecular flexibility index (Phi) is 4.57. The van der Waals surface area contributed by atoms with Gasteiger partial charge in [-0.1, -0.05) is 29.8 Å². The average Bonchev–Trinajstić information content (AvgIpc) is 2.98. The van der Waals surface area contributed by atoms with E-state index in [1.807, 2.05) is 42.5 Å². The second-order valence-corrected chi connectivity index (χ2v) is 7.01. The highest BCUT2D eigenvalue weighted by atomic mass is 79.9. The van der Waals surface area contributed by atoms with Crippen molar-refractivity contribution in [1.29, 1.82) is 0 Å². The van der Waals surface area contributed by atoms with E-state index in [1.54, 1.807) is 18.2 Å². The zero-order chi connectivity index (χ0) is 18.1. The zero-order valence-corrected chi connectivity index (χ0v) is 15.8. The maximum Gasteiger partial charge on any atom is 0.262 e. The average molecular weight is 431 g/mol.